The summed E-state index contributed by atoms with van der Waals surface area (Å²) < 4.78 is 7.89. The first kappa shape index (κ1) is 22.3. The molecule has 144 valence electrons. The van der Waals surface area contributed by atoms with Gasteiger partial charge >= 0.3 is 0 Å². The van der Waals surface area contributed by atoms with Gasteiger partial charge in [0.2, 0.25) is 0 Å². The Labute approximate surface area is 173 Å². The van der Waals surface area contributed by atoms with E-state index in [0.717, 1.165) is 29.5 Å². The lowest BCUT2D eigenvalue weighted by Crippen LogP contribution is -2.37. The van der Waals surface area contributed by atoms with Crippen molar-refractivity contribution < 1.29 is 4.74 Å². The van der Waals surface area contributed by atoms with Gasteiger partial charge in [-0.2, -0.15) is 5.10 Å². The van der Waals surface area contributed by atoms with Crippen molar-refractivity contribution in [2.24, 2.45) is 12.0 Å². The summed E-state index contributed by atoms with van der Waals surface area (Å²) in [6.07, 6.45) is 1.79. The summed E-state index contributed by atoms with van der Waals surface area (Å²) in [7, 11) is 1.93. The third-order valence-electron chi connectivity index (χ3n) is 3.50. The van der Waals surface area contributed by atoms with E-state index in [1.807, 2.05) is 56.8 Å². The van der Waals surface area contributed by atoms with E-state index in [9.17, 15) is 0 Å². The van der Waals surface area contributed by atoms with E-state index >= 15 is 0 Å². The van der Waals surface area contributed by atoms with Gasteiger partial charge in [0, 0.05) is 25.4 Å². The molecule has 1 aromatic carbocycles. The van der Waals surface area contributed by atoms with Crippen molar-refractivity contribution in [3.8, 4) is 5.75 Å². The molecule has 0 spiro atoms. The topological polar surface area (TPSA) is 63.5 Å². The molecule has 0 bridgehead atoms. The number of aromatic nitrogens is 2. The first-order chi connectivity index (χ1) is 11.9. The lowest BCUT2D eigenvalue weighted by Gasteiger charge is -2.23. The maximum Gasteiger partial charge on any atom is 0.191 e. The quantitative estimate of drug-likeness (QED) is 0.385. The minimum Gasteiger partial charge on any atom is -0.488 e. The van der Waals surface area contributed by atoms with Crippen LogP contribution in [0.25, 0.3) is 0 Å². The summed E-state index contributed by atoms with van der Waals surface area (Å²) in [5.74, 6) is 1.65. The summed E-state index contributed by atoms with van der Waals surface area (Å²) in [5.41, 5.74) is 1.93. The van der Waals surface area contributed by atoms with Gasteiger partial charge in [0.25, 0.3) is 0 Å². The summed E-state index contributed by atoms with van der Waals surface area (Å²) in [6.45, 7) is 10.2. The number of guanidine groups is 1. The summed E-state index contributed by atoms with van der Waals surface area (Å²) in [5, 5.41) is 10.8. The Bertz CT molecular complexity index is 706. The molecule has 0 radical (unpaired) electrons. The predicted octanol–water partition coefficient (Wildman–Crippen LogP) is 3.47. The van der Waals surface area contributed by atoms with Crippen molar-refractivity contribution in [3.63, 3.8) is 0 Å². The number of nitrogens with one attached hydrogen (secondary N) is 2. The molecular formula is C19H30IN5O. The van der Waals surface area contributed by atoms with Crippen LogP contribution in [0.15, 0.2) is 41.5 Å². The maximum absolute atomic E-state index is 6.04. The average Bonchev–Trinajstić information content (AvgIpc) is 2.95. The summed E-state index contributed by atoms with van der Waals surface area (Å²) in [4.78, 5) is 4.69. The number of aryl methyl sites for hydroxylation is 1. The van der Waals surface area contributed by atoms with E-state index < -0.39 is 0 Å². The van der Waals surface area contributed by atoms with Crippen molar-refractivity contribution in [1.29, 1.82) is 0 Å². The average molecular weight is 471 g/mol. The molecule has 1 heterocycles. The van der Waals surface area contributed by atoms with Crippen molar-refractivity contribution in [1.82, 2.24) is 20.4 Å². The molecule has 0 saturated carbocycles. The molecule has 0 atom stereocenters. The van der Waals surface area contributed by atoms with Gasteiger partial charge in [-0.1, -0.05) is 18.2 Å². The molecule has 6 nitrogen and oxygen atoms in total. The Morgan fingerprint density at radius 2 is 1.92 bits per heavy atom. The van der Waals surface area contributed by atoms with Crippen LogP contribution >= 0.6 is 24.0 Å². The zero-order valence-corrected chi connectivity index (χ0v) is 18.6. The minimum absolute atomic E-state index is 0. The Morgan fingerprint density at radius 1 is 1.19 bits per heavy atom. The Kier molecular flexibility index (Phi) is 8.91. The molecule has 7 heteroatoms. The summed E-state index contributed by atoms with van der Waals surface area (Å²) >= 11 is 0. The number of hydrogen-bond acceptors (Lipinski definition) is 3. The van der Waals surface area contributed by atoms with Gasteiger partial charge in [0.15, 0.2) is 5.96 Å². The molecule has 0 unspecified atom stereocenters. The highest BCUT2D eigenvalue weighted by molar-refractivity contribution is 14.0. The van der Waals surface area contributed by atoms with E-state index in [0.29, 0.717) is 13.1 Å². The number of halogens is 1. The van der Waals surface area contributed by atoms with E-state index in [4.69, 9.17) is 4.74 Å². The van der Waals surface area contributed by atoms with E-state index in [1.165, 1.54) is 0 Å². The molecule has 0 aliphatic carbocycles. The number of nitrogens with zero attached hydrogens (tertiary/aromatic N) is 3. The number of hydrogen-bond donors (Lipinski definition) is 2. The second-order valence-corrected chi connectivity index (χ2v) is 6.82. The normalized spacial score (nSPS) is 11.7. The largest absolute Gasteiger partial charge is 0.488 e. The third kappa shape index (κ3) is 7.23. The highest BCUT2D eigenvalue weighted by Crippen LogP contribution is 2.23. The van der Waals surface area contributed by atoms with Gasteiger partial charge in [-0.15, -0.1) is 24.0 Å². The van der Waals surface area contributed by atoms with Crippen LogP contribution in [-0.4, -0.2) is 27.9 Å². The Hall–Kier alpha value is -1.77. The maximum atomic E-state index is 6.04. The standard InChI is InChI=1S/C19H29N5O.HI/c1-6-20-18(22-14-16-11-12-23-24(16)5)21-13-15-9-7-8-10-17(15)25-19(2,3)4;/h7-12H,6,13-14H2,1-5H3,(H2,20,21,22);1H. The van der Waals surface area contributed by atoms with Crippen LogP contribution in [0, 0.1) is 0 Å². The van der Waals surface area contributed by atoms with Gasteiger partial charge in [-0.05, 0) is 39.8 Å². The molecular weight excluding hydrogens is 441 g/mol. The smallest absolute Gasteiger partial charge is 0.191 e. The van der Waals surface area contributed by atoms with Gasteiger partial charge in [0.1, 0.15) is 11.4 Å². The number of aliphatic imine (C=N–C) groups is 1. The van der Waals surface area contributed by atoms with E-state index in [-0.39, 0.29) is 29.6 Å². The van der Waals surface area contributed by atoms with Crippen LogP contribution in [0.2, 0.25) is 0 Å². The van der Waals surface area contributed by atoms with Gasteiger partial charge in [-0.25, -0.2) is 4.99 Å². The Balaban J connectivity index is 0.00000338. The van der Waals surface area contributed by atoms with Crippen LogP contribution in [0.5, 0.6) is 5.75 Å². The highest BCUT2D eigenvalue weighted by atomic mass is 127. The zero-order chi connectivity index (χ0) is 18.3. The van der Waals surface area contributed by atoms with Gasteiger partial charge < -0.3 is 15.4 Å². The zero-order valence-electron chi connectivity index (χ0n) is 16.2. The van der Waals surface area contributed by atoms with Crippen molar-refractivity contribution >= 4 is 29.9 Å². The lowest BCUT2D eigenvalue weighted by atomic mass is 10.1. The van der Waals surface area contributed by atoms with Crippen molar-refractivity contribution in [2.45, 2.75) is 46.4 Å². The first-order valence-corrected chi connectivity index (χ1v) is 8.65. The van der Waals surface area contributed by atoms with E-state index in [1.54, 1.807) is 6.20 Å². The molecule has 2 aromatic rings. The molecule has 2 N–H and O–H groups in total. The molecule has 26 heavy (non-hydrogen) atoms. The van der Waals surface area contributed by atoms with Crippen LogP contribution < -0.4 is 15.4 Å². The fraction of sp³-hybridized carbons (Fsp3) is 0.474. The van der Waals surface area contributed by atoms with Crippen LogP contribution in [0.1, 0.15) is 39.0 Å². The Morgan fingerprint density at radius 3 is 2.54 bits per heavy atom. The molecule has 0 saturated heterocycles. The fourth-order valence-corrected chi connectivity index (χ4v) is 2.32. The molecule has 0 fully saturated rings. The number of para-hydroxylation sites is 1. The van der Waals surface area contributed by atoms with Crippen molar-refractivity contribution in [3.05, 3.63) is 47.8 Å². The number of rotatable bonds is 6. The van der Waals surface area contributed by atoms with Gasteiger partial charge in [-0.3, -0.25) is 4.68 Å². The number of benzene rings is 1. The SMILES string of the molecule is CCNC(=NCc1ccccc1OC(C)(C)C)NCc1ccnn1C.I. The fourth-order valence-electron chi connectivity index (χ4n) is 2.32. The van der Waals surface area contributed by atoms with Gasteiger partial charge in [0.05, 0.1) is 18.8 Å². The van der Waals surface area contributed by atoms with Crippen molar-refractivity contribution in [2.75, 3.05) is 6.54 Å². The van der Waals surface area contributed by atoms with Crippen LogP contribution in [0.3, 0.4) is 0 Å². The number of ether oxygens (including phenoxy) is 1. The monoisotopic (exact) mass is 471 g/mol. The van der Waals surface area contributed by atoms with E-state index in [2.05, 4.69) is 33.7 Å². The second-order valence-electron chi connectivity index (χ2n) is 6.82. The summed E-state index contributed by atoms with van der Waals surface area (Å²) in [6, 6.07) is 10.0. The minimum atomic E-state index is -0.234. The molecule has 0 aliphatic rings. The molecule has 2 rings (SSSR count). The second kappa shape index (κ2) is 10.4. The van der Waals surface area contributed by atoms with Crippen LogP contribution in [-0.2, 0) is 20.1 Å². The highest BCUT2D eigenvalue weighted by Gasteiger charge is 2.14. The lowest BCUT2D eigenvalue weighted by molar-refractivity contribution is 0.129. The predicted molar refractivity (Wildman–Crippen MR) is 117 cm³/mol. The molecule has 0 amide bonds. The molecule has 0 aliphatic heterocycles. The molecule has 1 aromatic heterocycles. The third-order valence-corrected chi connectivity index (χ3v) is 3.50. The first-order valence-electron chi connectivity index (χ1n) is 8.65. The van der Waals surface area contributed by atoms with Crippen LogP contribution in [0.4, 0.5) is 0 Å².